The second kappa shape index (κ2) is 4.04. The van der Waals surface area contributed by atoms with E-state index in [0.29, 0.717) is 12.1 Å². The molecule has 1 atom stereocenters. The van der Waals surface area contributed by atoms with Crippen LogP contribution in [0, 0.1) is 18.3 Å². The lowest BCUT2D eigenvalue weighted by Crippen LogP contribution is -2.21. The van der Waals surface area contributed by atoms with Gasteiger partial charge in [-0.3, -0.25) is 0 Å². The summed E-state index contributed by atoms with van der Waals surface area (Å²) in [6.45, 7) is 2.33. The van der Waals surface area contributed by atoms with Crippen molar-refractivity contribution in [1.82, 2.24) is 0 Å². The Morgan fingerprint density at radius 2 is 2.23 bits per heavy atom. The number of hydrogen-bond donors (Lipinski definition) is 2. The molecule has 0 unspecified atom stereocenters. The summed E-state index contributed by atoms with van der Waals surface area (Å²) < 4.78 is 0. The van der Waals surface area contributed by atoms with Gasteiger partial charge in [0.1, 0.15) is 0 Å². The molecule has 0 heterocycles. The van der Waals surface area contributed by atoms with Gasteiger partial charge in [0.2, 0.25) is 0 Å². The molecular formula is C10H13N3. The highest BCUT2D eigenvalue weighted by molar-refractivity contribution is 5.41. The van der Waals surface area contributed by atoms with Gasteiger partial charge in [-0.05, 0) is 18.6 Å². The van der Waals surface area contributed by atoms with E-state index in [1.165, 1.54) is 0 Å². The highest BCUT2D eigenvalue weighted by atomic mass is 14.7. The van der Waals surface area contributed by atoms with Crippen molar-refractivity contribution in [3.05, 3.63) is 34.9 Å². The molecule has 0 bridgehead atoms. The zero-order valence-electron chi connectivity index (χ0n) is 7.62. The van der Waals surface area contributed by atoms with Crippen LogP contribution in [0.1, 0.15) is 22.7 Å². The Morgan fingerprint density at radius 1 is 1.54 bits per heavy atom. The third-order valence-corrected chi connectivity index (χ3v) is 1.98. The van der Waals surface area contributed by atoms with Crippen LogP contribution < -0.4 is 11.5 Å². The summed E-state index contributed by atoms with van der Waals surface area (Å²) in [4.78, 5) is 0. The van der Waals surface area contributed by atoms with Crippen LogP contribution >= 0.6 is 0 Å². The summed E-state index contributed by atoms with van der Waals surface area (Å²) in [5.74, 6) is 0. The van der Waals surface area contributed by atoms with E-state index < -0.39 is 0 Å². The van der Waals surface area contributed by atoms with Crippen molar-refractivity contribution in [2.75, 3.05) is 6.54 Å². The normalized spacial score (nSPS) is 12.2. The molecule has 3 heteroatoms. The molecule has 1 rings (SSSR count). The number of rotatable bonds is 2. The fourth-order valence-electron chi connectivity index (χ4n) is 1.22. The molecule has 0 radical (unpaired) electrons. The topological polar surface area (TPSA) is 75.8 Å². The lowest BCUT2D eigenvalue weighted by atomic mass is 9.99. The number of aryl methyl sites for hydroxylation is 1. The molecule has 0 aliphatic rings. The van der Waals surface area contributed by atoms with Crippen molar-refractivity contribution >= 4 is 0 Å². The summed E-state index contributed by atoms with van der Waals surface area (Å²) in [6, 6.07) is 7.45. The minimum absolute atomic E-state index is 0.241. The Labute approximate surface area is 78.0 Å². The van der Waals surface area contributed by atoms with E-state index in [4.69, 9.17) is 16.7 Å². The maximum atomic E-state index is 8.81. The van der Waals surface area contributed by atoms with Crippen LogP contribution in [0.25, 0.3) is 0 Å². The largest absolute Gasteiger partial charge is 0.329 e. The molecule has 1 aromatic carbocycles. The van der Waals surface area contributed by atoms with Gasteiger partial charge in [0, 0.05) is 12.6 Å². The maximum absolute atomic E-state index is 8.81. The van der Waals surface area contributed by atoms with Gasteiger partial charge in [0.25, 0.3) is 0 Å². The molecule has 0 fully saturated rings. The molecule has 4 N–H and O–H groups in total. The van der Waals surface area contributed by atoms with Crippen molar-refractivity contribution in [2.45, 2.75) is 13.0 Å². The van der Waals surface area contributed by atoms with E-state index in [1.807, 2.05) is 19.1 Å². The summed E-state index contributed by atoms with van der Waals surface area (Å²) in [5, 5.41) is 8.81. The van der Waals surface area contributed by atoms with Crippen LogP contribution in [0.2, 0.25) is 0 Å². The molecule has 0 saturated heterocycles. The van der Waals surface area contributed by atoms with E-state index >= 15 is 0 Å². The van der Waals surface area contributed by atoms with Gasteiger partial charge >= 0.3 is 0 Å². The van der Waals surface area contributed by atoms with Gasteiger partial charge in [-0.1, -0.05) is 17.7 Å². The summed E-state index contributed by atoms with van der Waals surface area (Å²) in [7, 11) is 0. The monoisotopic (exact) mass is 175 g/mol. The van der Waals surface area contributed by atoms with Gasteiger partial charge in [-0.15, -0.1) is 0 Å². The van der Waals surface area contributed by atoms with Crippen molar-refractivity contribution in [2.24, 2.45) is 11.5 Å². The predicted molar refractivity (Wildman–Crippen MR) is 51.9 cm³/mol. The molecule has 0 amide bonds. The van der Waals surface area contributed by atoms with E-state index in [2.05, 4.69) is 6.07 Å². The Kier molecular flexibility index (Phi) is 3.02. The van der Waals surface area contributed by atoms with Crippen molar-refractivity contribution < 1.29 is 0 Å². The van der Waals surface area contributed by atoms with Crippen LogP contribution in [0.15, 0.2) is 18.2 Å². The summed E-state index contributed by atoms with van der Waals surface area (Å²) in [6.07, 6.45) is 0. The molecule has 0 spiro atoms. The van der Waals surface area contributed by atoms with Gasteiger partial charge in [-0.2, -0.15) is 5.26 Å². The second-order valence-electron chi connectivity index (χ2n) is 3.04. The molecule has 0 aliphatic heterocycles. The number of nitrogens with zero attached hydrogens (tertiary/aromatic N) is 1. The predicted octanol–water partition coefficient (Wildman–Crippen LogP) is 0.825. The standard InChI is InChI=1S/C10H13N3/c1-7-2-3-8(5-11)9(4-7)10(13)6-12/h2-4,10H,6,12-13H2,1H3/t10-/m1/s1. The van der Waals surface area contributed by atoms with E-state index in [9.17, 15) is 0 Å². The molecular weight excluding hydrogens is 162 g/mol. The van der Waals surface area contributed by atoms with E-state index in [1.54, 1.807) is 6.07 Å². The van der Waals surface area contributed by atoms with Crippen molar-refractivity contribution in [3.8, 4) is 6.07 Å². The lowest BCUT2D eigenvalue weighted by Gasteiger charge is -2.11. The van der Waals surface area contributed by atoms with Gasteiger partial charge in [0.05, 0.1) is 11.6 Å². The highest BCUT2D eigenvalue weighted by Gasteiger charge is 2.08. The molecule has 1 aromatic rings. The minimum Gasteiger partial charge on any atom is -0.329 e. The molecule has 0 aromatic heterocycles. The van der Waals surface area contributed by atoms with E-state index in [-0.39, 0.29) is 6.04 Å². The Hall–Kier alpha value is -1.37. The first-order valence-corrected chi connectivity index (χ1v) is 4.15. The van der Waals surface area contributed by atoms with Crippen LogP contribution in [-0.2, 0) is 0 Å². The summed E-state index contributed by atoms with van der Waals surface area (Å²) >= 11 is 0. The van der Waals surface area contributed by atoms with E-state index in [0.717, 1.165) is 11.1 Å². The van der Waals surface area contributed by atoms with Gasteiger partial charge in [-0.25, -0.2) is 0 Å². The average molecular weight is 175 g/mol. The fourth-order valence-corrected chi connectivity index (χ4v) is 1.22. The zero-order valence-corrected chi connectivity index (χ0v) is 7.62. The third-order valence-electron chi connectivity index (χ3n) is 1.98. The Morgan fingerprint density at radius 3 is 2.77 bits per heavy atom. The first kappa shape index (κ1) is 9.72. The number of benzene rings is 1. The average Bonchev–Trinajstić information content (AvgIpc) is 2.16. The smallest absolute Gasteiger partial charge is 0.0995 e. The van der Waals surface area contributed by atoms with Crippen LogP contribution in [0.4, 0.5) is 0 Å². The molecule has 3 nitrogen and oxygen atoms in total. The first-order chi connectivity index (χ1) is 6.19. The van der Waals surface area contributed by atoms with Crippen LogP contribution in [0.5, 0.6) is 0 Å². The van der Waals surface area contributed by atoms with Gasteiger partial charge < -0.3 is 11.5 Å². The Bertz CT molecular complexity index is 339. The third kappa shape index (κ3) is 2.05. The number of nitrogens with two attached hydrogens (primary N) is 2. The van der Waals surface area contributed by atoms with Crippen molar-refractivity contribution in [3.63, 3.8) is 0 Å². The minimum atomic E-state index is -0.241. The molecule has 0 aliphatic carbocycles. The number of hydrogen-bond acceptors (Lipinski definition) is 3. The zero-order chi connectivity index (χ0) is 9.84. The van der Waals surface area contributed by atoms with Crippen molar-refractivity contribution in [1.29, 1.82) is 5.26 Å². The quantitative estimate of drug-likeness (QED) is 0.698. The van der Waals surface area contributed by atoms with Crippen LogP contribution in [-0.4, -0.2) is 6.54 Å². The second-order valence-corrected chi connectivity index (χ2v) is 3.04. The molecule has 68 valence electrons. The fraction of sp³-hybridized carbons (Fsp3) is 0.300. The van der Waals surface area contributed by atoms with Crippen LogP contribution in [0.3, 0.4) is 0 Å². The summed E-state index contributed by atoms with van der Waals surface area (Å²) in [5.41, 5.74) is 13.8. The maximum Gasteiger partial charge on any atom is 0.0995 e. The molecule has 13 heavy (non-hydrogen) atoms. The van der Waals surface area contributed by atoms with Gasteiger partial charge in [0.15, 0.2) is 0 Å². The first-order valence-electron chi connectivity index (χ1n) is 4.15. The molecule has 0 saturated carbocycles. The SMILES string of the molecule is Cc1ccc(C#N)c([C@H](N)CN)c1. The number of nitriles is 1. The lowest BCUT2D eigenvalue weighted by molar-refractivity contribution is 0.734. The highest BCUT2D eigenvalue weighted by Crippen LogP contribution is 2.16. The Balaban J connectivity index is 3.17.